The van der Waals surface area contributed by atoms with Gasteiger partial charge in [-0.05, 0) is 92.3 Å². The standard InChI is InChI=1S/C34H42ClN3O3/c1-22-19-26(35)21-36-29(22)32(40)38-18-8-11-28(31(39)37-27-10-7-9-25(20-27)33(2,3)4)30(38)24-14-12-23(13-15-24)16-17-34(5,6)41/h7,9-10,12-15,19-21,28,30,41H,8,11,16-18H2,1-6H3,(H,37,39). The molecule has 6 nitrogen and oxygen atoms in total. The summed E-state index contributed by atoms with van der Waals surface area (Å²) in [7, 11) is 0. The molecule has 7 heteroatoms. The third kappa shape index (κ3) is 7.75. The Hall–Kier alpha value is -3.22. The average molecular weight is 576 g/mol. The number of hydrogen-bond acceptors (Lipinski definition) is 4. The summed E-state index contributed by atoms with van der Waals surface area (Å²) in [6.07, 6.45) is 4.23. The number of piperidine rings is 1. The maximum atomic E-state index is 13.9. The Labute approximate surface area is 249 Å². The smallest absolute Gasteiger partial charge is 0.273 e. The molecular weight excluding hydrogens is 534 g/mol. The summed E-state index contributed by atoms with van der Waals surface area (Å²) >= 11 is 6.13. The second-order valence-corrected chi connectivity index (χ2v) is 13.3. The molecule has 1 aromatic heterocycles. The van der Waals surface area contributed by atoms with Crippen molar-refractivity contribution in [2.75, 3.05) is 11.9 Å². The van der Waals surface area contributed by atoms with Gasteiger partial charge < -0.3 is 15.3 Å². The molecule has 41 heavy (non-hydrogen) atoms. The first-order valence-corrected chi connectivity index (χ1v) is 14.8. The number of anilines is 1. The molecule has 4 rings (SSSR count). The van der Waals surface area contributed by atoms with Crippen LogP contribution in [0.2, 0.25) is 5.02 Å². The molecule has 1 saturated heterocycles. The molecule has 2 aromatic carbocycles. The molecule has 0 saturated carbocycles. The van der Waals surface area contributed by atoms with E-state index < -0.39 is 17.6 Å². The number of aliphatic hydroxyl groups is 1. The highest BCUT2D eigenvalue weighted by Gasteiger charge is 2.40. The number of nitrogens with one attached hydrogen (secondary N) is 1. The maximum Gasteiger partial charge on any atom is 0.273 e. The van der Waals surface area contributed by atoms with Crippen molar-refractivity contribution >= 4 is 29.1 Å². The van der Waals surface area contributed by atoms with Gasteiger partial charge in [-0.2, -0.15) is 0 Å². The van der Waals surface area contributed by atoms with Gasteiger partial charge in [-0.3, -0.25) is 9.59 Å². The molecule has 2 atom stereocenters. The molecule has 0 radical (unpaired) electrons. The number of carbonyl (C=O) groups excluding carboxylic acids is 2. The van der Waals surface area contributed by atoms with Crippen molar-refractivity contribution in [3.63, 3.8) is 0 Å². The topological polar surface area (TPSA) is 82.5 Å². The van der Waals surface area contributed by atoms with E-state index in [1.165, 1.54) is 6.20 Å². The number of nitrogens with zero attached hydrogens (tertiary/aromatic N) is 2. The maximum absolute atomic E-state index is 13.9. The van der Waals surface area contributed by atoms with Gasteiger partial charge in [0.05, 0.1) is 22.6 Å². The Morgan fingerprint density at radius 2 is 1.78 bits per heavy atom. The van der Waals surface area contributed by atoms with Gasteiger partial charge in [-0.1, -0.05) is 68.8 Å². The van der Waals surface area contributed by atoms with Gasteiger partial charge in [0.1, 0.15) is 5.69 Å². The first-order valence-electron chi connectivity index (χ1n) is 14.4. The molecule has 0 spiro atoms. The van der Waals surface area contributed by atoms with E-state index in [0.29, 0.717) is 42.1 Å². The van der Waals surface area contributed by atoms with E-state index in [2.05, 4.69) is 37.1 Å². The molecule has 3 aromatic rings. The van der Waals surface area contributed by atoms with Crippen LogP contribution in [-0.2, 0) is 16.6 Å². The van der Waals surface area contributed by atoms with Crippen molar-refractivity contribution < 1.29 is 14.7 Å². The lowest BCUT2D eigenvalue weighted by atomic mass is 9.83. The molecule has 2 amide bonds. The molecule has 0 bridgehead atoms. The fraction of sp³-hybridized carbons (Fsp3) is 0.441. The zero-order valence-corrected chi connectivity index (χ0v) is 25.8. The molecule has 0 aliphatic carbocycles. The van der Waals surface area contributed by atoms with Crippen LogP contribution >= 0.6 is 11.6 Å². The number of pyridine rings is 1. The van der Waals surface area contributed by atoms with Crippen molar-refractivity contribution in [3.8, 4) is 0 Å². The quantitative estimate of drug-likeness (QED) is 0.310. The van der Waals surface area contributed by atoms with Crippen LogP contribution in [-0.4, -0.2) is 39.0 Å². The van der Waals surface area contributed by atoms with E-state index in [1.807, 2.05) is 49.4 Å². The van der Waals surface area contributed by atoms with Crippen molar-refractivity contribution in [3.05, 3.63) is 93.8 Å². The van der Waals surface area contributed by atoms with Gasteiger partial charge in [-0.15, -0.1) is 0 Å². The summed E-state index contributed by atoms with van der Waals surface area (Å²) in [5, 5.41) is 13.8. The van der Waals surface area contributed by atoms with Crippen molar-refractivity contribution in [2.45, 2.75) is 84.3 Å². The van der Waals surface area contributed by atoms with Gasteiger partial charge >= 0.3 is 0 Å². The average Bonchev–Trinajstić information content (AvgIpc) is 2.91. The molecule has 1 aliphatic heterocycles. The minimum absolute atomic E-state index is 0.0479. The highest BCUT2D eigenvalue weighted by molar-refractivity contribution is 6.30. The Bertz CT molecular complexity index is 1390. The van der Waals surface area contributed by atoms with Crippen LogP contribution in [0.1, 0.15) is 92.7 Å². The fourth-order valence-electron chi connectivity index (χ4n) is 5.44. The number of aromatic nitrogens is 1. The first-order chi connectivity index (χ1) is 19.2. The monoisotopic (exact) mass is 575 g/mol. The summed E-state index contributed by atoms with van der Waals surface area (Å²) in [6, 6.07) is 17.3. The molecule has 218 valence electrons. The Morgan fingerprint density at radius 3 is 2.41 bits per heavy atom. The second kappa shape index (κ2) is 12.3. The van der Waals surface area contributed by atoms with Gasteiger partial charge in [-0.25, -0.2) is 4.98 Å². The van der Waals surface area contributed by atoms with Crippen molar-refractivity contribution in [1.82, 2.24) is 9.88 Å². The number of aryl methyl sites for hydroxylation is 2. The Balaban J connectivity index is 1.68. The number of rotatable bonds is 7. The zero-order valence-electron chi connectivity index (χ0n) is 25.0. The lowest BCUT2D eigenvalue weighted by Crippen LogP contribution is -2.46. The number of halogens is 1. The van der Waals surface area contributed by atoms with Crippen LogP contribution in [0, 0.1) is 12.8 Å². The van der Waals surface area contributed by atoms with E-state index in [0.717, 1.165) is 28.8 Å². The lowest BCUT2D eigenvalue weighted by Gasteiger charge is -2.41. The number of benzene rings is 2. The zero-order chi connectivity index (χ0) is 29.9. The normalized spacial score (nSPS) is 17.8. The van der Waals surface area contributed by atoms with Crippen molar-refractivity contribution in [1.29, 1.82) is 0 Å². The molecular formula is C34H42ClN3O3. The Kier molecular flexibility index (Phi) is 9.25. The van der Waals surface area contributed by atoms with Crippen molar-refractivity contribution in [2.24, 2.45) is 5.92 Å². The molecule has 2 N–H and O–H groups in total. The van der Waals surface area contributed by atoms with E-state index in [-0.39, 0.29) is 17.2 Å². The Morgan fingerprint density at radius 1 is 1.07 bits per heavy atom. The van der Waals surface area contributed by atoms with E-state index in [4.69, 9.17) is 11.6 Å². The largest absolute Gasteiger partial charge is 0.390 e. The minimum Gasteiger partial charge on any atom is -0.390 e. The SMILES string of the molecule is Cc1cc(Cl)cnc1C(=O)N1CCCC(C(=O)Nc2cccc(C(C)(C)C)c2)C1c1ccc(CCC(C)(C)O)cc1. The number of carbonyl (C=O) groups is 2. The van der Waals surface area contributed by atoms with Gasteiger partial charge in [0.25, 0.3) is 5.91 Å². The molecule has 2 unspecified atom stereocenters. The van der Waals surface area contributed by atoms with Gasteiger partial charge in [0.15, 0.2) is 0 Å². The van der Waals surface area contributed by atoms with E-state index in [9.17, 15) is 14.7 Å². The number of amides is 2. The highest BCUT2D eigenvalue weighted by Crippen LogP contribution is 2.38. The van der Waals surface area contributed by atoms with Gasteiger partial charge in [0, 0.05) is 18.4 Å². The minimum atomic E-state index is -0.748. The van der Waals surface area contributed by atoms with Crippen LogP contribution in [0.25, 0.3) is 0 Å². The van der Waals surface area contributed by atoms with Gasteiger partial charge in [0.2, 0.25) is 5.91 Å². The summed E-state index contributed by atoms with van der Waals surface area (Å²) in [5.41, 5.74) is 4.14. The third-order valence-corrected chi connectivity index (χ3v) is 8.03. The predicted octanol–water partition coefficient (Wildman–Crippen LogP) is 7.28. The molecule has 2 heterocycles. The second-order valence-electron chi connectivity index (χ2n) is 12.9. The lowest BCUT2D eigenvalue weighted by molar-refractivity contribution is -0.123. The van der Waals surface area contributed by atoms with Crippen LogP contribution in [0.15, 0.2) is 60.8 Å². The molecule has 1 aliphatic rings. The van der Waals surface area contributed by atoms with Crippen LogP contribution in [0.5, 0.6) is 0 Å². The van der Waals surface area contributed by atoms with Crippen LogP contribution < -0.4 is 5.32 Å². The summed E-state index contributed by atoms with van der Waals surface area (Å²) in [6.45, 7) is 12.4. The van der Waals surface area contributed by atoms with E-state index >= 15 is 0 Å². The fourth-order valence-corrected chi connectivity index (χ4v) is 5.65. The van der Waals surface area contributed by atoms with Crippen LogP contribution in [0.3, 0.4) is 0 Å². The summed E-state index contributed by atoms with van der Waals surface area (Å²) in [4.78, 5) is 34.0. The first kappa shape index (κ1) is 30.7. The molecule has 1 fully saturated rings. The number of likely N-dealkylation sites (tertiary alicyclic amines) is 1. The van der Waals surface area contributed by atoms with E-state index in [1.54, 1.807) is 24.8 Å². The summed E-state index contributed by atoms with van der Waals surface area (Å²) in [5.74, 6) is -0.756. The predicted molar refractivity (Wildman–Crippen MR) is 165 cm³/mol. The summed E-state index contributed by atoms with van der Waals surface area (Å²) < 4.78 is 0. The third-order valence-electron chi connectivity index (χ3n) is 7.82. The van der Waals surface area contributed by atoms with Crippen LogP contribution in [0.4, 0.5) is 5.69 Å². The highest BCUT2D eigenvalue weighted by atomic mass is 35.5. The number of hydrogen-bond donors (Lipinski definition) is 2.